The van der Waals surface area contributed by atoms with E-state index in [-0.39, 0.29) is 24.6 Å². The molecule has 1 unspecified atom stereocenters. The maximum atomic E-state index is 12.7. The van der Waals surface area contributed by atoms with Crippen LogP contribution in [0, 0.1) is 0 Å². The first-order chi connectivity index (χ1) is 14.3. The summed E-state index contributed by atoms with van der Waals surface area (Å²) in [6.45, 7) is 13.9. The van der Waals surface area contributed by atoms with Gasteiger partial charge < -0.3 is 19.9 Å². The molecule has 166 valence electrons. The van der Waals surface area contributed by atoms with Crippen LogP contribution >= 0.6 is 0 Å². The SMILES string of the molecule is C=C(/C=C\C(C)=C/CNC(C)=O)C1=CC(OC)N(CC(=O)N(CCC)CCC)C=N1. The van der Waals surface area contributed by atoms with E-state index in [4.69, 9.17) is 4.74 Å². The number of amides is 2. The van der Waals surface area contributed by atoms with E-state index in [9.17, 15) is 9.59 Å². The number of aliphatic imine (C=N–C) groups is 1. The van der Waals surface area contributed by atoms with Gasteiger partial charge >= 0.3 is 0 Å². The normalized spacial score (nSPS) is 16.6. The third kappa shape index (κ3) is 8.78. The fraction of sp³-hybridized carbons (Fsp3) is 0.522. The Morgan fingerprint density at radius 3 is 2.50 bits per heavy atom. The summed E-state index contributed by atoms with van der Waals surface area (Å²) < 4.78 is 5.56. The molecule has 1 N–H and O–H groups in total. The second kappa shape index (κ2) is 13.5. The highest BCUT2D eigenvalue weighted by Crippen LogP contribution is 2.19. The molecule has 0 saturated heterocycles. The van der Waals surface area contributed by atoms with E-state index in [0.29, 0.717) is 12.2 Å². The number of ether oxygens (including phenoxy) is 1. The van der Waals surface area contributed by atoms with E-state index in [1.807, 2.05) is 36.1 Å². The van der Waals surface area contributed by atoms with Gasteiger partial charge in [-0.25, -0.2) is 4.99 Å². The van der Waals surface area contributed by atoms with Crippen molar-refractivity contribution in [3.05, 3.63) is 47.7 Å². The van der Waals surface area contributed by atoms with Crippen molar-refractivity contribution >= 4 is 18.2 Å². The smallest absolute Gasteiger partial charge is 0.242 e. The summed E-state index contributed by atoms with van der Waals surface area (Å²) in [5, 5.41) is 2.73. The molecular formula is C23H36N4O3. The minimum Gasteiger partial charge on any atom is -0.358 e. The molecule has 2 amide bonds. The molecule has 7 nitrogen and oxygen atoms in total. The first kappa shape index (κ1) is 25.4. The van der Waals surface area contributed by atoms with Gasteiger partial charge in [-0.2, -0.15) is 0 Å². The Morgan fingerprint density at radius 1 is 1.27 bits per heavy atom. The Balaban J connectivity index is 2.74. The highest BCUT2D eigenvalue weighted by Gasteiger charge is 2.23. The van der Waals surface area contributed by atoms with Crippen molar-refractivity contribution in [2.75, 3.05) is 33.3 Å². The molecule has 7 heteroatoms. The Hall–Kier alpha value is -2.67. The lowest BCUT2D eigenvalue weighted by atomic mass is 10.1. The van der Waals surface area contributed by atoms with E-state index in [1.165, 1.54) is 6.92 Å². The van der Waals surface area contributed by atoms with Gasteiger partial charge in [0.15, 0.2) is 6.23 Å². The number of nitrogens with one attached hydrogen (secondary N) is 1. The van der Waals surface area contributed by atoms with Crippen LogP contribution in [0.3, 0.4) is 0 Å². The zero-order chi connectivity index (χ0) is 22.5. The third-order valence-corrected chi connectivity index (χ3v) is 4.52. The number of methoxy groups -OCH3 is 1. The summed E-state index contributed by atoms with van der Waals surface area (Å²) in [6.07, 6.45) is 10.7. The van der Waals surface area contributed by atoms with E-state index in [1.54, 1.807) is 18.3 Å². The molecule has 1 aliphatic rings. The second-order valence-electron chi connectivity index (χ2n) is 7.22. The molecule has 0 fully saturated rings. The fourth-order valence-corrected chi connectivity index (χ4v) is 2.90. The van der Waals surface area contributed by atoms with Crippen LogP contribution < -0.4 is 5.32 Å². The summed E-state index contributed by atoms with van der Waals surface area (Å²) in [5.41, 5.74) is 2.45. The number of hydrogen-bond donors (Lipinski definition) is 1. The summed E-state index contributed by atoms with van der Waals surface area (Å²) in [5.74, 6) is 0.0120. The molecular weight excluding hydrogens is 380 g/mol. The van der Waals surface area contributed by atoms with Gasteiger partial charge in [-0.1, -0.05) is 44.2 Å². The van der Waals surface area contributed by atoms with Gasteiger partial charge in [0.25, 0.3) is 0 Å². The van der Waals surface area contributed by atoms with Crippen molar-refractivity contribution in [3.63, 3.8) is 0 Å². The maximum Gasteiger partial charge on any atom is 0.242 e. The van der Waals surface area contributed by atoms with Gasteiger partial charge in [0.2, 0.25) is 11.8 Å². The quantitative estimate of drug-likeness (QED) is 0.496. The standard InChI is InChI=1S/C23H36N4O3/c1-7-13-26(14-8-2)22(29)16-27-17-25-21(15-23(27)30-6)19(4)10-9-18(3)11-12-24-20(5)28/h9-11,15,17,23H,4,7-8,12-14,16H2,1-3,5-6H3,(H,24,28)/b10-9-,18-11-. The number of rotatable bonds is 12. The average Bonchev–Trinajstić information content (AvgIpc) is 2.71. The van der Waals surface area contributed by atoms with Gasteiger partial charge in [-0.3, -0.25) is 9.59 Å². The molecule has 0 spiro atoms. The Bertz CT molecular complexity index is 716. The lowest BCUT2D eigenvalue weighted by molar-refractivity contribution is -0.133. The van der Waals surface area contributed by atoms with Crippen LogP contribution in [0.5, 0.6) is 0 Å². The van der Waals surface area contributed by atoms with E-state index in [0.717, 1.165) is 37.1 Å². The molecule has 0 aliphatic carbocycles. The average molecular weight is 417 g/mol. The molecule has 0 aromatic rings. The Kier molecular flexibility index (Phi) is 11.4. The van der Waals surface area contributed by atoms with Crippen molar-refractivity contribution in [2.45, 2.75) is 46.8 Å². The number of allylic oxidation sites excluding steroid dienone is 3. The van der Waals surface area contributed by atoms with Crippen LogP contribution in [0.2, 0.25) is 0 Å². The maximum absolute atomic E-state index is 12.7. The molecule has 30 heavy (non-hydrogen) atoms. The highest BCUT2D eigenvalue weighted by atomic mass is 16.5. The first-order valence-corrected chi connectivity index (χ1v) is 10.4. The zero-order valence-electron chi connectivity index (χ0n) is 19.0. The Labute approximate surface area is 180 Å². The van der Waals surface area contributed by atoms with Crippen LogP contribution in [-0.2, 0) is 14.3 Å². The van der Waals surface area contributed by atoms with Crippen molar-refractivity contribution in [1.82, 2.24) is 15.1 Å². The van der Waals surface area contributed by atoms with Crippen LogP contribution in [0.4, 0.5) is 0 Å². The summed E-state index contributed by atoms with van der Waals surface area (Å²) in [6, 6.07) is 0. The molecule has 1 atom stereocenters. The van der Waals surface area contributed by atoms with Gasteiger partial charge in [0.05, 0.1) is 12.0 Å². The van der Waals surface area contributed by atoms with E-state index in [2.05, 4.69) is 30.7 Å². The summed E-state index contributed by atoms with van der Waals surface area (Å²) >= 11 is 0. The summed E-state index contributed by atoms with van der Waals surface area (Å²) in [4.78, 5) is 31.7. The zero-order valence-corrected chi connectivity index (χ0v) is 19.0. The number of nitrogens with zero attached hydrogens (tertiary/aromatic N) is 3. The Morgan fingerprint density at radius 2 is 1.93 bits per heavy atom. The number of carbonyl (C=O) groups is 2. The largest absolute Gasteiger partial charge is 0.358 e. The molecule has 1 heterocycles. The molecule has 0 aromatic carbocycles. The minimum absolute atomic E-state index is 0.0599. The van der Waals surface area contributed by atoms with Gasteiger partial charge in [-0.15, -0.1) is 0 Å². The molecule has 0 bridgehead atoms. The first-order valence-electron chi connectivity index (χ1n) is 10.4. The van der Waals surface area contributed by atoms with Crippen molar-refractivity contribution in [2.24, 2.45) is 4.99 Å². The fourth-order valence-electron chi connectivity index (χ4n) is 2.90. The van der Waals surface area contributed by atoms with Gasteiger partial charge in [0.1, 0.15) is 6.54 Å². The van der Waals surface area contributed by atoms with E-state index >= 15 is 0 Å². The predicted molar refractivity (Wildman–Crippen MR) is 122 cm³/mol. The number of hydrogen-bond acceptors (Lipinski definition) is 5. The topological polar surface area (TPSA) is 74.2 Å². The molecule has 1 aliphatic heterocycles. The third-order valence-electron chi connectivity index (χ3n) is 4.52. The van der Waals surface area contributed by atoms with Gasteiger partial charge in [0, 0.05) is 33.7 Å². The highest BCUT2D eigenvalue weighted by molar-refractivity contribution is 5.81. The molecule has 0 saturated carbocycles. The molecule has 0 radical (unpaired) electrons. The van der Waals surface area contributed by atoms with Crippen LogP contribution in [0.15, 0.2) is 52.7 Å². The molecule has 1 rings (SSSR count). The van der Waals surface area contributed by atoms with Crippen LogP contribution in [0.25, 0.3) is 0 Å². The van der Waals surface area contributed by atoms with Gasteiger partial charge in [-0.05, 0) is 31.4 Å². The van der Waals surface area contributed by atoms with Crippen LogP contribution in [0.1, 0.15) is 40.5 Å². The lowest BCUT2D eigenvalue weighted by Crippen LogP contribution is -2.45. The summed E-state index contributed by atoms with van der Waals surface area (Å²) in [7, 11) is 1.61. The monoisotopic (exact) mass is 416 g/mol. The minimum atomic E-state index is -0.381. The van der Waals surface area contributed by atoms with Crippen molar-refractivity contribution in [3.8, 4) is 0 Å². The van der Waals surface area contributed by atoms with Crippen LogP contribution in [-0.4, -0.2) is 67.5 Å². The van der Waals surface area contributed by atoms with Crippen molar-refractivity contribution < 1.29 is 14.3 Å². The predicted octanol–water partition coefficient (Wildman–Crippen LogP) is 3.03. The van der Waals surface area contributed by atoms with E-state index < -0.39 is 0 Å². The molecule has 0 aromatic heterocycles. The number of carbonyl (C=O) groups excluding carboxylic acids is 2. The van der Waals surface area contributed by atoms with Crippen molar-refractivity contribution in [1.29, 1.82) is 0 Å². The lowest BCUT2D eigenvalue weighted by Gasteiger charge is -2.31. The second-order valence-corrected chi connectivity index (χ2v) is 7.22.